The van der Waals surface area contributed by atoms with Gasteiger partial charge in [0, 0.05) is 24.2 Å². The predicted molar refractivity (Wildman–Crippen MR) is 135 cm³/mol. The first kappa shape index (κ1) is 23.8. The average Bonchev–Trinajstić information content (AvgIpc) is 3.29. The highest BCUT2D eigenvalue weighted by Gasteiger charge is 2.30. The quantitative estimate of drug-likeness (QED) is 0.396. The first-order valence-corrected chi connectivity index (χ1v) is 12.0. The van der Waals surface area contributed by atoms with Gasteiger partial charge < -0.3 is 4.98 Å². The summed E-state index contributed by atoms with van der Waals surface area (Å²) in [5, 5.41) is 13.8. The van der Waals surface area contributed by atoms with Crippen LogP contribution in [-0.4, -0.2) is 30.1 Å². The van der Waals surface area contributed by atoms with Crippen LogP contribution in [0.3, 0.4) is 0 Å². The number of benzene rings is 2. The van der Waals surface area contributed by atoms with Gasteiger partial charge in [0.15, 0.2) is 5.82 Å². The number of aromatic nitrogens is 5. The molecular weight excluding hydrogens is 424 g/mol. The molecule has 2 aromatic carbocycles. The van der Waals surface area contributed by atoms with E-state index in [1.165, 1.54) is 11.1 Å². The summed E-state index contributed by atoms with van der Waals surface area (Å²) in [6.07, 6.45) is 1.86. The smallest absolute Gasteiger partial charge is 0.252 e. The number of hydrogen-bond donors (Lipinski definition) is 1. The lowest BCUT2D eigenvalue weighted by Gasteiger charge is -2.33. The van der Waals surface area contributed by atoms with Crippen molar-refractivity contribution in [2.45, 2.75) is 72.1 Å². The SMILES string of the molecule is CCC[C@H](c1nnnn1C(C)(C)C)N(Cc1ccccc1)Cc1cc2cc(C)ccc2[nH]c1=O. The first-order valence-electron chi connectivity index (χ1n) is 12.0. The van der Waals surface area contributed by atoms with E-state index >= 15 is 0 Å². The van der Waals surface area contributed by atoms with Crippen LogP contribution < -0.4 is 5.56 Å². The number of tetrazole rings is 1. The zero-order chi connectivity index (χ0) is 24.3. The fourth-order valence-corrected chi connectivity index (χ4v) is 4.43. The van der Waals surface area contributed by atoms with E-state index in [0.717, 1.165) is 35.1 Å². The molecule has 178 valence electrons. The summed E-state index contributed by atoms with van der Waals surface area (Å²) < 4.78 is 1.92. The summed E-state index contributed by atoms with van der Waals surface area (Å²) in [7, 11) is 0. The molecule has 34 heavy (non-hydrogen) atoms. The molecule has 2 aromatic heterocycles. The lowest BCUT2D eigenvalue weighted by molar-refractivity contribution is 0.148. The number of nitrogens with zero attached hydrogens (tertiary/aromatic N) is 5. The second-order valence-corrected chi connectivity index (χ2v) is 10.0. The Morgan fingerprint density at radius 3 is 2.53 bits per heavy atom. The summed E-state index contributed by atoms with van der Waals surface area (Å²) in [5.41, 5.74) is 3.65. The molecule has 0 unspecified atom stereocenters. The molecule has 7 nitrogen and oxygen atoms in total. The fraction of sp³-hybridized carbons (Fsp3) is 0.407. The Hall–Kier alpha value is -3.32. The number of H-pyrrole nitrogens is 1. The molecule has 0 spiro atoms. The van der Waals surface area contributed by atoms with Crippen LogP contribution in [0.2, 0.25) is 0 Å². The van der Waals surface area contributed by atoms with E-state index in [2.05, 4.69) is 78.2 Å². The fourth-order valence-electron chi connectivity index (χ4n) is 4.43. The maximum absolute atomic E-state index is 13.1. The summed E-state index contributed by atoms with van der Waals surface area (Å²) in [6.45, 7) is 11.7. The van der Waals surface area contributed by atoms with Crippen LogP contribution in [0.5, 0.6) is 0 Å². The number of nitrogens with one attached hydrogen (secondary N) is 1. The minimum absolute atomic E-state index is 0.0352. The highest BCUT2D eigenvalue weighted by atomic mass is 16.1. The van der Waals surface area contributed by atoms with E-state index in [4.69, 9.17) is 0 Å². The monoisotopic (exact) mass is 458 g/mol. The van der Waals surface area contributed by atoms with Crippen molar-refractivity contribution in [3.63, 3.8) is 0 Å². The Bertz CT molecular complexity index is 1300. The highest BCUT2D eigenvalue weighted by molar-refractivity contribution is 5.79. The number of aryl methyl sites for hydroxylation is 1. The Morgan fingerprint density at radius 2 is 1.82 bits per heavy atom. The first-order chi connectivity index (χ1) is 16.3. The number of pyridine rings is 1. The van der Waals surface area contributed by atoms with Gasteiger partial charge in [0.2, 0.25) is 0 Å². The zero-order valence-electron chi connectivity index (χ0n) is 20.7. The maximum atomic E-state index is 13.1. The van der Waals surface area contributed by atoms with E-state index in [0.29, 0.717) is 13.1 Å². The van der Waals surface area contributed by atoms with Gasteiger partial charge >= 0.3 is 0 Å². The minimum Gasteiger partial charge on any atom is -0.322 e. The Labute approximate surface area is 200 Å². The van der Waals surface area contributed by atoms with Crippen molar-refractivity contribution in [3.8, 4) is 0 Å². The third kappa shape index (κ3) is 5.25. The average molecular weight is 459 g/mol. The normalized spacial score (nSPS) is 13.0. The third-order valence-corrected chi connectivity index (χ3v) is 6.11. The lowest BCUT2D eigenvalue weighted by Crippen LogP contribution is -2.35. The second-order valence-electron chi connectivity index (χ2n) is 10.0. The van der Waals surface area contributed by atoms with Crippen molar-refractivity contribution < 1.29 is 0 Å². The van der Waals surface area contributed by atoms with Gasteiger partial charge in [-0.2, -0.15) is 0 Å². The van der Waals surface area contributed by atoms with Gasteiger partial charge in [-0.15, -0.1) is 5.10 Å². The molecule has 0 saturated carbocycles. The molecule has 1 N–H and O–H groups in total. The largest absolute Gasteiger partial charge is 0.322 e. The van der Waals surface area contributed by atoms with Crippen molar-refractivity contribution in [3.05, 3.63) is 87.5 Å². The van der Waals surface area contributed by atoms with E-state index in [1.54, 1.807) is 0 Å². The van der Waals surface area contributed by atoms with Crippen LogP contribution in [0.15, 0.2) is 59.4 Å². The maximum Gasteiger partial charge on any atom is 0.252 e. The van der Waals surface area contributed by atoms with Crippen LogP contribution >= 0.6 is 0 Å². The van der Waals surface area contributed by atoms with Crippen LogP contribution in [-0.2, 0) is 18.6 Å². The van der Waals surface area contributed by atoms with Crippen molar-refractivity contribution in [1.29, 1.82) is 0 Å². The van der Waals surface area contributed by atoms with Crippen molar-refractivity contribution >= 4 is 10.9 Å². The number of hydrogen-bond acceptors (Lipinski definition) is 5. The topological polar surface area (TPSA) is 79.7 Å². The summed E-state index contributed by atoms with van der Waals surface area (Å²) in [5.74, 6) is 0.832. The molecule has 0 fully saturated rings. The number of rotatable bonds is 8. The molecule has 7 heteroatoms. The van der Waals surface area contributed by atoms with E-state index in [1.807, 2.05) is 41.1 Å². The summed E-state index contributed by atoms with van der Waals surface area (Å²) >= 11 is 0. The lowest BCUT2D eigenvalue weighted by atomic mass is 10.0. The van der Waals surface area contributed by atoms with E-state index in [-0.39, 0.29) is 17.1 Å². The van der Waals surface area contributed by atoms with Gasteiger partial charge in [0.05, 0.1) is 11.6 Å². The molecule has 1 atom stereocenters. The van der Waals surface area contributed by atoms with E-state index in [9.17, 15) is 4.79 Å². The third-order valence-electron chi connectivity index (χ3n) is 6.11. The standard InChI is InChI=1S/C27H34N6O/c1-6-10-24(25-29-30-31-33(25)27(3,4)5)32(17-20-11-8-7-9-12-20)18-22-16-21-15-19(2)13-14-23(21)28-26(22)34/h7-9,11-16,24H,6,10,17-18H2,1-5H3,(H,28,34)/t24-/m1/s1. The van der Waals surface area contributed by atoms with Gasteiger partial charge in [-0.25, -0.2) is 4.68 Å². The number of fused-ring (bicyclic) bond motifs is 1. The van der Waals surface area contributed by atoms with Gasteiger partial charge in [-0.05, 0) is 73.7 Å². The molecule has 0 aliphatic heterocycles. The van der Waals surface area contributed by atoms with Gasteiger partial charge in [0.25, 0.3) is 5.56 Å². The molecule has 0 bridgehead atoms. The van der Waals surface area contributed by atoms with Gasteiger partial charge in [-0.1, -0.05) is 55.3 Å². The van der Waals surface area contributed by atoms with Crippen molar-refractivity contribution in [2.75, 3.05) is 0 Å². The van der Waals surface area contributed by atoms with Crippen LogP contribution in [0.4, 0.5) is 0 Å². The predicted octanol–water partition coefficient (Wildman–Crippen LogP) is 5.12. The van der Waals surface area contributed by atoms with Crippen LogP contribution in [0.1, 0.15) is 69.1 Å². The highest BCUT2D eigenvalue weighted by Crippen LogP contribution is 2.30. The molecule has 0 radical (unpaired) electrons. The molecule has 4 rings (SSSR count). The van der Waals surface area contributed by atoms with Gasteiger partial charge in [-0.3, -0.25) is 9.69 Å². The van der Waals surface area contributed by atoms with E-state index < -0.39 is 0 Å². The zero-order valence-corrected chi connectivity index (χ0v) is 20.7. The second kappa shape index (κ2) is 9.89. The molecule has 0 aliphatic rings. The Kier molecular flexibility index (Phi) is 6.93. The van der Waals surface area contributed by atoms with Crippen molar-refractivity contribution in [1.82, 2.24) is 30.1 Å². The van der Waals surface area contributed by atoms with Crippen molar-refractivity contribution in [2.24, 2.45) is 0 Å². The minimum atomic E-state index is -0.249. The molecule has 0 aliphatic carbocycles. The molecule has 0 saturated heterocycles. The van der Waals surface area contributed by atoms with Gasteiger partial charge in [0.1, 0.15) is 0 Å². The summed E-state index contributed by atoms with van der Waals surface area (Å²) in [4.78, 5) is 18.5. The van der Waals surface area contributed by atoms with Crippen LogP contribution in [0, 0.1) is 6.92 Å². The Balaban J connectivity index is 1.79. The number of aromatic amines is 1. The molecule has 0 amide bonds. The van der Waals surface area contributed by atoms with Crippen LogP contribution in [0.25, 0.3) is 10.9 Å². The molecular formula is C27H34N6O. The molecule has 4 aromatic rings. The Morgan fingerprint density at radius 1 is 1.06 bits per heavy atom. The molecule has 2 heterocycles. The summed E-state index contributed by atoms with van der Waals surface area (Å²) in [6, 6.07) is 18.4.